The summed E-state index contributed by atoms with van der Waals surface area (Å²) in [5.41, 5.74) is 5.64. The third-order valence-corrected chi connectivity index (χ3v) is 4.78. The first-order valence-corrected chi connectivity index (χ1v) is 8.86. The van der Waals surface area contributed by atoms with Gasteiger partial charge in [-0.25, -0.2) is 17.5 Å². The van der Waals surface area contributed by atoms with Crippen LogP contribution in [-0.2, 0) is 10.0 Å². The van der Waals surface area contributed by atoms with Gasteiger partial charge in [0.2, 0.25) is 10.0 Å². The zero-order chi connectivity index (χ0) is 15.9. The summed E-state index contributed by atoms with van der Waals surface area (Å²) in [7, 11) is -3.73. The lowest BCUT2D eigenvalue weighted by molar-refractivity contribution is 0.517. The molecule has 0 aliphatic carbocycles. The van der Waals surface area contributed by atoms with Gasteiger partial charge >= 0.3 is 0 Å². The van der Waals surface area contributed by atoms with Crippen LogP contribution in [0.25, 0.3) is 0 Å². The number of nitrogens with one attached hydrogen (secondary N) is 1. The second-order valence-electron chi connectivity index (χ2n) is 5.68. The highest BCUT2D eigenvalue weighted by atomic mass is 32.2. The van der Waals surface area contributed by atoms with Crippen LogP contribution in [0, 0.1) is 11.7 Å². The summed E-state index contributed by atoms with van der Waals surface area (Å²) in [4.78, 5) is -0.192. The summed E-state index contributed by atoms with van der Waals surface area (Å²) in [6.07, 6.45) is 5.22. The van der Waals surface area contributed by atoms with Gasteiger partial charge in [-0.3, -0.25) is 0 Å². The molecule has 1 aromatic rings. The minimum Gasteiger partial charge on any atom is -0.398 e. The van der Waals surface area contributed by atoms with Crippen molar-refractivity contribution in [1.29, 1.82) is 0 Å². The molecule has 0 amide bonds. The number of benzene rings is 1. The van der Waals surface area contributed by atoms with Crippen LogP contribution in [0.3, 0.4) is 0 Å². The SMILES string of the molecule is CC(C)CCCCCCNS(=O)(=O)c1cc(F)ccc1N. The molecule has 0 fully saturated rings. The minimum atomic E-state index is -3.73. The van der Waals surface area contributed by atoms with E-state index in [0.29, 0.717) is 12.5 Å². The fourth-order valence-electron chi connectivity index (χ4n) is 2.06. The van der Waals surface area contributed by atoms with Crippen LogP contribution in [0.1, 0.15) is 46.0 Å². The number of rotatable bonds is 9. The first-order valence-electron chi connectivity index (χ1n) is 7.37. The maximum Gasteiger partial charge on any atom is 0.242 e. The molecule has 6 heteroatoms. The van der Waals surface area contributed by atoms with Gasteiger partial charge in [0.15, 0.2) is 0 Å². The van der Waals surface area contributed by atoms with Crippen molar-refractivity contribution < 1.29 is 12.8 Å². The first-order chi connectivity index (χ1) is 9.83. The molecule has 4 nitrogen and oxygen atoms in total. The number of sulfonamides is 1. The largest absolute Gasteiger partial charge is 0.398 e. The molecule has 0 bridgehead atoms. The molecule has 120 valence electrons. The Morgan fingerprint density at radius 2 is 1.86 bits per heavy atom. The molecular formula is C15H25FN2O2S. The Labute approximate surface area is 127 Å². The molecule has 1 aromatic carbocycles. The number of nitrogens with two attached hydrogens (primary N) is 1. The van der Waals surface area contributed by atoms with Crippen LogP contribution in [0.15, 0.2) is 23.1 Å². The van der Waals surface area contributed by atoms with E-state index in [-0.39, 0.29) is 10.6 Å². The number of unbranched alkanes of at least 4 members (excludes halogenated alkanes) is 3. The first kappa shape index (κ1) is 17.9. The van der Waals surface area contributed by atoms with Gasteiger partial charge in [0.05, 0.1) is 5.69 Å². The molecule has 21 heavy (non-hydrogen) atoms. The van der Waals surface area contributed by atoms with Crippen molar-refractivity contribution in [3.63, 3.8) is 0 Å². The van der Waals surface area contributed by atoms with E-state index in [2.05, 4.69) is 18.6 Å². The third kappa shape index (κ3) is 6.44. The molecule has 0 unspecified atom stereocenters. The molecule has 0 aliphatic heterocycles. The second kappa shape index (κ2) is 8.34. The van der Waals surface area contributed by atoms with Gasteiger partial charge in [-0.15, -0.1) is 0 Å². The van der Waals surface area contributed by atoms with Crippen molar-refractivity contribution >= 4 is 15.7 Å². The Balaban J connectivity index is 2.38. The number of anilines is 1. The van der Waals surface area contributed by atoms with Gasteiger partial charge in [0.25, 0.3) is 0 Å². The van der Waals surface area contributed by atoms with E-state index >= 15 is 0 Å². The van der Waals surface area contributed by atoms with Crippen LogP contribution in [-0.4, -0.2) is 15.0 Å². The molecular weight excluding hydrogens is 291 g/mol. The molecule has 3 N–H and O–H groups in total. The molecule has 1 rings (SSSR count). The Kier molecular flexibility index (Phi) is 7.11. The fourth-order valence-corrected chi connectivity index (χ4v) is 3.27. The predicted molar refractivity (Wildman–Crippen MR) is 83.9 cm³/mol. The maximum atomic E-state index is 13.1. The lowest BCUT2D eigenvalue weighted by atomic mass is 10.0. The summed E-state index contributed by atoms with van der Waals surface area (Å²) >= 11 is 0. The third-order valence-electron chi connectivity index (χ3n) is 3.27. The summed E-state index contributed by atoms with van der Waals surface area (Å²) in [6.45, 7) is 4.73. The van der Waals surface area contributed by atoms with Gasteiger partial charge in [-0.2, -0.15) is 0 Å². The Bertz CT molecular complexity index is 545. The van der Waals surface area contributed by atoms with E-state index in [4.69, 9.17) is 5.73 Å². The molecule has 0 aliphatic rings. The van der Waals surface area contributed by atoms with Gasteiger partial charge in [0.1, 0.15) is 10.7 Å². The zero-order valence-corrected chi connectivity index (χ0v) is 13.5. The van der Waals surface area contributed by atoms with E-state index in [0.717, 1.165) is 31.4 Å². The molecule has 0 radical (unpaired) electrons. The topological polar surface area (TPSA) is 72.2 Å². The quantitative estimate of drug-likeness (QED) is 0.542. The van der Waals surface area contributed by atoms with Crippen LogP contribution in [0.4, 0.5) is 10.1 Å². The highest BCUT2D eigenvalue weighted by molar-refractivity contribution is 7.89. The maximum absolute atomic E-state index is 13.1. The van der Waals surface area contributed by atoms with Crippen LogP contribution in [0.2, 0.25) is 0 Å². The fraction of sp³-hybridized carbons (Fsp3) is 0.600. The summed E-state index contributed by atoms with van der Waals surface area (Å²) in [6, 6.07) is 3.35. The zero-order valence-electron chi connectivity index (χ0n) is 12.7. The highest BCUT2D eigenvalue weighted by Crippen LogP contribution is 2.19. The molecule has 0 aromatic heterocycles. The average molecular weight is 316 g/mol. The molecule has 0 atom stereocenters. The molecule has 0 spiro atoms. The van der Waals surface area contributed by atoms with Gasteiger partial charge in [-0.05, 0) is 30.5 Å². The minimum absolute atomic E-state index is 0.0563. The molecule has 0 saturated carbocycles. The standard InChI is InChI=1S/C15H25FN2O2S/c1-12(2)7-5-3-4-6-10-18-21(19,20)15-11-13(16)8-9-14(15)17/h8-9,11-12,18H,3-7,10,17H2,1-2H3. The van der Waals surface area contributed by atoms with Crippen molar-refractivity contribution in [1.82, 2.24) is 4.72 Å². The number of hydrogen-bond donors (Lipinski definition) is 2. The number of halogens is 1. The van der Waals surface area contributed by atoms with E-state index in [1.165, 1.54) is 18.9 Å². The normalized spacial score (nSPS) is 12.0. The van der Waals surface area contributed by atoms with Crippen LogP contribution < -0.4 is 10.5 Å². The van der Waals surface area contributed by atoms with Crippen molar-refractivity contribution in [2.24, 2.45) is 5.92 Å². The Morgan fingerprint density at radius 1 is 1.19 bits per heavy atom. The van der Waals surface area contributed by atoms with Gasteiger partial charge < -0.3 is 5.73 Å². The lowest BCUT2D eigenvalue weighted by Gasteiger charge is -2.09. The second-order valence-corrected chi connectivity index (χ2v) is 7.41. The lowest BCUT2D eigenvalue weighted by Crippen LogP contribution is -2.25. The summed E-state index contributed by atoms with van der Waals surface area (Å²) in [5, 5.41) is 0. The monoisotopic (exact) mass is 316 g/mol. The van der Waals surface area contributed by atoms with Crippen molar-refractivity contribution in [3.05, 3.63) is 24.0 Å². The highest BCUT2D eigenvalue weighted by Gasteiger charge is 2.17. The van der Waals surface area contributed by atoms with E-state index < -0.39 is 15.8 Å². The number of hydrogen-bond acceptors (Lipinski definition) is 3. The van der Waals surface area contributed by atoms with Crippen LogP contribution >= 0.6 is 0 Å². The van der Waals surface area contributed by atoms with E-state index in [1.807, 2.05) is 0 Å². The van der Waals surface area contributed by atoms with Gasteiger partial charge in [-0.1, -0.05) is 39.5 Å². The van der Waals surface area contributed by atoms with Crippen molar-refractivity contribution in [2.75, 3.05) is 12.3 Å². The predicted octanol–water partition coefficient (Wildman–Crippen LogP) is 3.29. The van der Waals surface area contributed by atoms with E-state index in [1.54, 1.807) is 0 Å². The Hall–Kier alpha value is -1.14. The summed E-state index contributed by atoms with van der Waals surface area (Å²) < 4.78 is 39.6. The average Bonchev–Trinajstić information content (AvgIpc) is 2.40. The van der Waals surface area contributed by atoms with Gasteiger partial charge in [0, 0.05) is 6.54 Å². The summed E-state index contributed by atoms with van der Waals surface area (Å²) in [5.74, 6) is 0.0951. The molecule has 0 heterocycles. The Morgan fingerprint density at radius 3 is 2.52 bits per heavy atom. The smallest absolute Gasteiger partial charge is 0.242 e. The van der Waals surface area contributed by atoms with Crippen molar-refractivity contribution in [3.8, 4) is 0 Å². The number of nitrogen functional groups attached to an aromatic ring is 1. The molecule has 0 saturated heterocycles. The van der Waals surface area contributed by atoms with Crippen molar-refractivity contribution in [2.45, 2.75) is 50.8 Å². The van der Waals surface area contributed by atoms with Crippen LogP contribution in [0.5, 0.6) is 0 Å². The van der Waals surface area contributed by atoms with E-state index in [9.17, 15) is 12.8 Å².